The smallest absolute Gasteiger partial charge is 0.317 e. The molecule has 78 valence electrons. The predicted molar refractivity (Wildman–Crippen MR) is 54.4 cm³/mol. The molecular formula is C12H12O3. The maximum atomic E-state index is 11.7. The molecule has 2 rings (SSSR count). The monoisotopic (exact) mass is 204 g/mol. The van der Waals surface area contributed by atoms with E-state index in [4.69, 9.17) is 4.74 Å². The Morgan fingerprint density at radius 1 is 1.27 bits per heavy atom. The van der Waals surface area contributed by atoms with Crippen LogP contribution < -0.4 is 0 Å². The SMILES string of the molecule is COC(=O)C1(c2ccccc2)CC(=O)C1. The topological polar surface area (TPSA) is 43.4 Å². The Morgan fingerprint density at radius 2 is 1.87 bits per heavy atom. The highest BCUT2D eigenvalue weighted by atomic mass is 16.5. The van der Waals surface area contributed by atoms with Crippen molar-refractivity contribution in [2.24, 2.45) is 0 Å². The number of methoxy groups -OCH3 is 1. The highest BCUT2D eigenvalue weighted by Gasteiger charge is 2.52. The molecule has 0 unspecified atom stereocenters. The molecule has 1 saturated carbocycles. The molecule has 0 bridgehead atoms. The molecule has 0 N–H and O–H groups in total. The van der Waals surface area contributed by atoms with Crippen molar-refractivity contribution in [2.75, 3.05) is 7.11 Å². The zero-order chi connectivity index (χ0) is 10.9. The second-order valence-corrected chi connectivity index (χ2v) is 3.83. The van der Waals surface area contributed by atoms with Gasteiger partial charge in [-0.1, -0.05) is 30.3 Å². The summed E-state index contributed by atoms with van der Waals surface area (Å²) in [6.07, 6.45) is 0.535. The minimum Gasteiger partial charge on any atom is -0.468 e. The third-order valence-corrected chi connectivity index (χ3v) is 2.90. The first-order chi connectivity index (χ1) is 7.19. The molecule has 0 aliphatic heterocycles. The fraction of sp³-hybridized carbons (Fsp3) is 0.333. The molecule has 0 heterocycles. The molecular weight excluding hydrogens is 192 g/mol. The summed E-state index contributed by atoms with van der Waals surface area (Å²) in [5.41, 5.74) is 0.157. The molecule has 1 aliphatic rings. The van der Waals surface area contributed by atoms with E-state index in [1.807, 2.05) is 30.3 Å². The quantitative estimate of drug-likeness (QED) is 0.685. The lowest BCUT2D eigenvalue weighted by Gasteiger charge is -2.37. The number of hydrogen-bond donors (Lipinski definition) is 0. The van der Waals surface area contributed by atoms with Gasteiger partial charge in [-0.05, 0) is 5.56 Å². The normalized spacial score (nSPS) is 18.1. The van der Waals surface area contributed by atoms with Crippen LogP contribution in [-0.4, -0.2) is 18.9 Å². The lowest BCUT2D eigenvalue weighted by Crippen LogP contribution is -2.48. The van der Waals surface area contributed by atoms with Gasteiger partial charge in [-0.25, -0.2) is 0 Å². The van der Waals surface area contributed by atoms with E-state index in [1.165, 1.54) is 7.11 Å². The van der Waals surface area contributed by atoms with Gasteiger partial charge in [0, 0.05) is 12.8 Å². The molecule has 1 fully saturated rings. The zero-order valence-corrected chi connectivity index (χ0v) is 8.53. The van der Waals surface area contributed by atoms with Gasteiger partial charge in [-0.3, -0.25) is 9.59 Å². The third-order valence-electron chi connectivity index (χ3n) is 2.90. The van der Waals surface area contributed by atoms with Crippen molar-refractivity contribution < 1.29 is 14.3 Å². The van der Waals surface area contributed by atoms with Crippen LogP contribution in [0.3, 0.4) is 0 Å². The first-order valence-corrected chi connectivity index (χ1v) is 4.85. The van der Waals surface area contributed by atoms with Gasteiger partial charge in [-0.2, -0.15) is 0 Å². The van der Waals surface area contributed by atoms with E-state index in [0.29, 0.717) is 0 Å². The van der Waals surface area contributed by atoms with Gasteiger partial charge in [0.15, 0.2) is 0 Å². The maximum absolute atomic E-state index is 11.7. The molecule has 0 amide bonds. The molecule has 0 saturated heterocycles. The van der Waals surface area contributed by atoms with Crippen molar-refractivity contribution in [3.05, 3.63) is 35.9 Å². The highest BCUT2D eigenvalue weighted by Crippen LogP contribution is 2.42. The Kier molecular flexibility index (Phi) is 2.31. The number of ketones is 1. The molecule has 1 aromatic rings. The lowest BCUT2D eigenvalue weighted by molar-refractivity contribution is -0.156. The Balaban J connectivity index is 2.37. The highest BCUT2D eigenvalue weighted by molar-refractivity contribution is 6.02. The summed E-state index contributed by atoms with van der Waals surface area (Å²) in [6.45, 7) is 0. The average Bonchev–Trinajstić information content (AvgIpc) is 2.24. The van der Waals surface area contributed by atoms with Crippen molar-refractivity contribution in [3.8, 4) is 0 Å². The number of carbonyl (C=O) groups is 2. The molecule has 0 atom stereocenters. The van der Waals surface area contributed by atoms with Gasteiger partial charge in [-0.15, -0.1) is 0 Å². The zero-order valence-electron chi connectivity index (χ0n) is 8.53. The second kappa shape index (κ2) is 3.50. The Labute approximate surface area is 88.1 Å². The summed E-state index contributed by atoms with van der Waals surface area (Å²) < 4.78 is 4.77. The molecule has 1 aliphatic carbocycles. The summed E-state index contributed by atoms with van der Waals surface area (Å²) in [6, 6.07) is 9.34. The summed E-state index contributed by atoms with van der Waals surface area (Å²) in [5, 5.41) is 0. The number of Topliss-reactive ketones (excluding diaryl/α,β-unsaturated/α-hetero) is 1. The van der Waals surface area contributed by atoms with E-state index < -0.39 is 5.41 Å². The first kappa shape index (κ1) is 9.90. The standard InChI is InChI=1S/C12H12O3/c1-15-11(14)12(7-10(13)8-12)9-5-3-2-4-6-9/h2-6H,7-8H2,1H3. The van der Waals surface area contributed by atoms with Crippen molar-refractivity contribution in [1.29, 1.82) is 0 Å². The van der Waals surface area contributed by atoms with E-state index in [9.17, 15) is 9.59 Å². The van der Waals surface area contributed by atoms with E-state index in [-0.39, 0.29) is 24.6 Å². The van der Waals surface area contributed by atoms with Crippen LogP contribution >= 0.6 is 0 Å². The number of hydrogen-bond acceptors (Lipinski definition) is 3. The lowest BCUT2D eigenvalue weighted by atomic mass is 9.63. The van der Waals surface area contributed by atoms with Crippen LogP contribution in [0, 0.1) is 0 Å². The number of esters is 1. The van der Waals surface area contributed by atoms with Gasteiger partial charge < -0.3 is 4.74 Å². The molecule has 15 heavy (non-hydrogen) atoms. The van der Waals surface area contributed by atoms with Crippen molar-refractivity contribution in [2.45, 2.75) is 18.3 Å². The largest absolute Gasteiger partial charge is 0.468 e. The average molecular weight is 204 g/mol. The fourth-order valence-corrected chi connectivity index (χ4v) is 2.04. The summed E-state index contributed by atoms with van der Waals surface area (Å²) in [4.78, 5) is 22.8. The van der Waals surface area contributed by atoms with Crippen LogP contribution in [0.1, 0.15) is 18.4 Å². The van der Waals surface area contributed by atoms with E-state index in [2.05, 4.69) is 0 Å². The van der Waals surface area contributed by atoms with Crippen LogP contribution in [0.4, 0.5) is 0 Å². The van der Waals surface area contributed by atoms with Gasteiger partial charge in [0.05, 0.1) is 7.11 Å². The molecule has 0 radical (unpaired) electrons. The van der Waals surface area contributed by atoms with Crippen molar-refractivity contribution in [1.82, 2.24) is 0 Å². The van der Waals surface area contributed by atoms with Crippen LogP contribution in [-0.2, 0) is 19.7 Å². The number of ether oxygens (including phenoxy) is 1. The summed E-state index contributed by atoms with van der Waals surface area (Å²) in [5.74, 6) is -0.197. The van der Waals surface area contributed by atoms with Gasteiger partial charge in [0.25, 0.3) is 0 Å². The van der Waals surface area contributed by atoms with Gasteiger partial charge in [0.2, 0.25) is 0 Å². The van der Waals surface area contributed by atoms with Crippen LogP contribution in [0.2, 0.25) is 0 Å². The van der Waals surface area contributed by atoms with E-state index in [1.54, 1.807) is 0 Å². The minimum atomic E-state index is -0.715. The first-order valence-electron chi connectivity index (χ1n) is 4.85. The molecule has 1 aromatic carbocycles. The number of benzene rings is 1. The number of rotatable bonds is 2. The van der Waals surface area contributed by atoms with Crippen molar-refractivity contribution >= 4 is 11.8 Å². The van der Waals surface area contributed by atoms with E-state index in [0.717, 1.165) is 5.56 Å². The summed E-state index contributed by atoms with van der Waals surface area (Å²) >= 11 is 0. The third kappa shape index (κ3) is 1.44. The number of carbonyl (C=O) groups excluding carboxylic acids is 2. The Morgan fingerprint density at radius 3 is 2.33 bits per heavy atom. The fourth-order valence-electron chi connectivity index (χ4n) is 2.04. The Hall–Kier alpha value is -1.64. The van der Waals surface area contributed by atoms with Crippen LogP contribution in [0.25, 0.3) is 0 Å². The van der Waals surface area contributed by atoms with Gasteiger partial charge in [0.1, 0.15) is 11.2 Å². The minimum absolute atomic E-state index is 0.115. The molecule has 3 nitrogen and oxygen atoms in total. The predicted octanol–water partition coefficient (Wildman–Crippen LogP) is 1.46. The maximum Gasteiger partial charge on any atom is 0.317 e. The van der Waals surface area contributed by atoms with Gasteiger partial charge >= 0.3 is 5.97 Å². The van der Waals surface area contributed by atoms with Crippen LogP contribution in [0.5, 0.6) is 0 Å². The molecule has 0 aromatic heterocycles. The van der Waals surface area contributed by atoms with E-state index >= 15 is 0 Å². The van der Waals surface area contributed by atoms with Crippen molar-refractivity contribution in [3.63, 3.8) is 0 Å². The van der Waals surface area contributed by atoms with Crippen LogP contribution in [0.15, 0.2) is 30.3 Å². The molecule has 0 spiro atoms. The summed E-state index contributed by atoms with van der Waals surface area (Å²) in [7, 11) is 1.36. The molecule has 3 heteroatoms. The second-order valence-electron chi connectivity index (χ2n) is 3.83. The Bertz CT molecular complexity index is 387.